The Bertz CT molecular complexity index is 742. The van der Waals surface area contributed by atoms with Gasteiger partial charge in [-0.25, -0.2) is 4.79 Å². The van der Waals surface area contributed by atoms with E-state index in [1.165, 1.54) is 6.08 Å². The van der Waals surface area contributed by atoms with Gasteiger partial charge in [0.15, 0.2) is 5.78 Å². The second-order valence-electron chi connectivity index (χ2n) is 4.54. The first-order chi connectivity index (χ1) is 10.2. The topological polar surface area (TPSA) is 52.6 Å². The molecule has 0 atom stereocenters. The van der Waals surface area contributed by atoms with Crippen molar-refractivity contribution >= 4 is 17.5 Å². The fraction of sp³-hybridized carbons (Fsp3) is 0.0588. The van der Waals surface area contributed by atoms with Crippen molar-refractivity contribution in [3.63, 3.8) is 0 Å². The molecule has 104 valence electrons. The number of ketones is 1. The number of allylic oxidation sites excluding steroid dienone is 1. The molecular weight excluding hydrogens is 268 g/mol. The molecule has 0 fully saturated rings. The zero-order valence-corrected chi connectivity index (χ0v) is 11.3. The third-order valence-electron chi connectivity index (χ3n) is 3.25. The number of carbonyl (C=O) groups excluding carboxylic acids is 2. The van der Waals surface area contributed by atoms with Crippen LogP contribution in [-0.2, 0) is 4.74 Å². The first-order valence-corrected chi connectivity index (χ1v) is 6.40. The maximum Gasteiger partial charge on any atom is 0.344 e. The van der Waals surface area contributed by atoms with E-state index in [2.05, 4.69) is 0 Å². The lowest BCUT2D eigenvalue weighted by Crippen LogP contribution is -1.97. The Balaban J connectivity index is 1.92. The first-order valence-electron chi connectivity index (χ1n) is 6.40. The van der Waals surface area contributed by atoms with Crippen LogP contribution in [0.5, 0.6) is 5.75 Å². The van der Waals surface area contributed by atoms with E-state index in [1.54, 1.807) is 55.6 Å². The average Bonchev–Trinajstić information content (AvgIpc) is 2.84. The van der Waals surface area contributed by atoms with Gasteiger partial charge in [-0.1, -0.05) is 18.2 Å². The zero-order chi connectivity index (χ0) is 14.8. The van der Waals surface area contributed by atoms with E-state index >= 15 is 0 Å². The van der Waals surface area contributed by atoms with Gasteiger partial charge < -0.3 is 9.47 Å². The van der Waals surface area contributed by atoms with E-state index in [9.17, 15) is 9.59 Å². The van der Waals surface area contributed by atoms with Crippen molar-refractivity contribution < 1.29 is 19.1 Å². The van der Waals surface area contributed by atoms with Crippen molar-refractivity contribution in [1.29, 1.82) is 0 Å². The number of ether oxygens (including phenoxy) is 2. The lowest BCUT2D eigenvalue weighted by atomic mass is 10.1. The van der Waals surface area contributed by atoms with Gasteiger partial charge in [-0.15, -0.1) is 0 Å². The van der Waals surface area contributed by atoms with E-state index in [4.69, 9.17) is 9.47 Å². The average molecular weight is 280 g/mol. The van der Waals surface area contributed by atoms with E-state index < -0.39 is 5.97 Å². The van der Waals surface area contributed by atoms with Crippen molar-refractivity contribution in [2.45, 2.75) is 0 Å². The quantitative estimate of drug-likeness (QED) is 0.492. The molecule has 0 bridgehead atoms. The number of cyclic esters (lactones) is 1. The Labute approximate surface area is 121 Å². The van der Waals surface area contributed by atoms with Crippen LogP contribution >= 0.6 is 0 Å². The summed E-state index contributed by atoms with van der Waals surface area (Å²) in [6.07, 6.45) is 1.34. The fourth-order valence-electron chi connectivity index (χ4n) is 2.15. The van der Waals surface area contributed by atoms with Gasteiger partial charge in [0.05, 0.1) is 12.7 Å². The molecular formula is C17H12O4. The van der Waals surface area contributed by atoms with Crippen molar-refractivity contribution in [2.24, 2.45) is 0 Å². The van der Waals surface area contributed by atoms with Crippen LogP contribution in [0.3, 0.4) is 0 Å². The minimum atomic E-state index is -0.431. The summed E-state index contributed by atoms with van der Waals surface area (Å²) in [5.41, 5.74) is 1.62. The molecule has 4 nitrogen and oxygen atoms in total. The second kappa shape index (κ2) is 5.25. The molecule has 0 aromatic heterocycles. The molecule has 0 N–H and O–H groups in total. The monoisotopic (exact) mass is 280 g/mol. The third kappa shape index (κ3) is 2.43. The molecule has 2 aromatic rings. The Morgan fingerprint density at radius 3 is 2.38 bits per heavy atom. The van der Waals surface area contributed by atoms with E-state index in [-0.39, 0.29) is 11.5 Å². The molecule has 0 aliphatic carbocycles. The molecule has 1 aliphatic rings. The highest BCUT2D eigenvalue weighted by molar-refractivity contribution is 6.12. The Morgan fingerprint density at radius 1 is 1.05 bits per heavy atom. The number of fused-ring (bicyclic) bond motifs is 1. The molecule has 0 radical (unpaired) electrons. The summed E-state index contributed by atoms with van der Waals surface area (Å²) in [6, 6.07) is 13.7. The SMILES string of the molecule is COc1ccc(C(=O)C=C2OC(=O)c3ccccc32)cc1. The van der Waals surface area contributed by atoms with Crippen LogP contribution in [0, 0.1) is 0 Å². The van der Waals surface area contributed by atoms with Crippen molar-refractivity contribution in [3.8, 4) is 5.75 Å². The summed E-state index contributed by atoms with van der Waals surface area (Å²) in [5, 5.41) is 0. The van der Waals surface area contributed by atoms with Gasteiger partial charge in [-0.2, -0.15) is 0 Å². The highest BCUT2D eigenvalue weighted by atomic mass is 16.5. The van der Waals surface area contributed by atoms with Crippen molar-refractivity contribution in [1.82, 2.24) is 0 Å². The number of rotatable bonds is 3. The molecule has 0 spiro atoms. The second-order valence-corrected chi connectivity index (χ2v) is 4.54. The lowest BCUT2D eigenvalue weighted by Gasteiger charge is -2.01. The van der Waals surface area contributed by atoms with Crippen LogP contribution in [-0.4, -0.2) is 18.9 Å². The molecule has 1 heterocycles. The van der Waals surface area contributed by atoms with Gasteiger partial charge in [0.2, 0.25) is 0 Å². The van der Waals surface area contributed by atoms with Crippen LogP contribution in [0.4, 0.5) is 0 Å². The normalized spacial score (nSPS) is 14.7. The summed E-state index contributed by atoms with van der Waals surface area (Å²) in [7, 11) is 1.56. The van der Waals surface area contributed by atoms with Gasteiger partial charge in [-0.3, -0.25) is 4.79 Å². The summed E-state index contributed by atoms with van der Waals surface area (Å²) >= 11 is 0. The Hall–Kier alpha value is -2.88. The number of hydrogen-bond acceptors (Lipinski definition) is 4. The van der Waals surface area contributed by atoms with Gasteiger partial charge >= 0.3 is 5.97 Å². The van der Waals surface area contributed by atoms with Gasteiger partial charge in [-0.05, 0) is 30.3 Å². The third-order valence-corrected chi connectivity index (χ3v) is 3.25. The Kier molecular flexibility index (Phi) is 3.28. The minimum absolute atomic E-state index is 0.225. The summed E-state index contributed by atoms with van der Waals surface area (Å²) in [5.74, 6) is 0.310. The number of methoxy groups -OCH3 is 1. The molecule has 2 aromatic carbocycles. The number of benzene rings is 2. The van der Waals surface area contributed by atoms with Gasteiger partial charge in [0.1, 0.15) is 11.5 Å². The van der Waals surface area contributed by atoms with E-state index in [0.717, 1.165) is 0 Å². The largest absolute Gasteiger partial charge is 0.497 e. The minimum Gasteiger partial charge on any atom is -0.497 e. The standard InChI is InChI=1S/C17H12O4/c1-20-12-8-6-11(7-9-12)15(18)10-16-13-4-2-3-5-14(13)17(19)21-16/h2-10H,1H3. The molecule has 0 unspecified atom stereocenters. The predicted octanol–water partition coefficient (Wildman–Crippen LogP) is 3.09. The Morgan fingerprint density at radius 2 is 1.71 bits per heavy atom. The van der Waals surface area contributed by atoms with E-state index in [1.807, 2.05) is 0 Å². The van der Waals surface area contributed by atoms with E-state index in [0.29, 0.717) is 22.4 Å². The molecule has 0 saturated heterocycles. The zero-order valence-electron chi connectivity index (χ0n) is 11.3. The molecule has 4 heteroatoms. The highest BCUT2D eigenvalue weighted by Crippen LogP contribution is 2.29. The molecule has 0 amide bonds. The maximum absolute atomic E-state index is 12.2. The smallest absolute Gasteiger partial charge is 0.344 e. The molecule has 1 aliphatic heterocycles. The summed E-state index contributed by atoms with van der Waals surface area (Å²) in [4.78, 5) is 23.9. The van der Waals surface area contributed by atoms with Crippen LogP contribution in [0.25, 0.3) is 5.76 Å². The van der Waals surface area contributed by atoms with Crippen molar-refractivity contribution in [2.75, 3.05) is 7.11 Å². The number of esters is 1. The maximum atomic E-state index is 12.2. The van der Waals surface area contributed by atoms with Gasteiger partial charge in [0.25, 0.3) is 0 Å². The van der Waals surface area contributed by atoms with Crippen LogP contribution in [0.1, 0.15) is 26.3 Å². The molecule has 21 heavy (non-hydrogen) atoms. The fourth-order valence-corrected chi connectivity index (χ4v) is 2.15. The number of hydrogen-bond donors (Lipinski definition) is 0. The van der Waals surface area contributed by atoms with Crippen molar-refractivity contribution in [3.05, 3.63) is 71.3 Å². The van der Waals surface area contributed by atoms with Crippen LogP contribution in [0.2, 0.25) is 0 Å². The molecule has 0 saturated carbocycles. The summed E-state index contributed by atoms with van der Waals surface area (Å²) < 4.78 is 10.2. The predicted molar refractivity (Wildman–Crippen MR) is 77.2 cm³/mol. The summed E-state index contributed by atoms with van der Waals surface area (Å²) in [6.45, 7) is 0. The van der Waals surface area contributed by atoms with Crippen LogP contribution in [0.15, 0.2) is 54.6 Å². The van der Waals surface area contributed by atoms with Crippen LogP contribution < -0.4 is 4.74 Å². The first kappa shape index (κ1) is 13.1. The van der Waals surface area contributed by atoms with Gasteiger partial charge in [0, 0.05) is 17.2 Å². The highest BCUT2D eigenvalue weighted by Gasteiger charge is 2.26. The number of carbonyl (C=O) groups is 2. The molecule has 3 rings (SSSR count). The lowest BCUT2D eigenvalue weighted by molar-refractivity contribution is 0.0715.